The lowest BCUT2D eigenvalue weighted by Crippen LogP contribution is -2.09. The molecule has 0 radical (unpaired) electrons. The van der Waals surface area contributed by atoms with E-state index < -0.39 is 0 Å². The predicted octanol–water partition coefficient (Wildman–Crippen LogP) is 4.03. The number of fused-ring (bicyclic) bond motifs is 3. The first-order valence-electron chi connectivity index (χ1n) is 6.53. The highest BCUT2D eigenvalue weighted by atomic mass is 16.5. The van der Waals surface area contributed by atoms with Crippen LogP contribution < -0.4 is 0 Å². The molecule has 3 rings (SSSR count). The quantitative estimate of drug-likeness (QED) is 0.616. The summed E-state index contributed by atoms with van der Waals surface area (Å²) in [4.78, 5) is 11.9. The molecule has 0 bridgehead atoms. The van der Waals surface area contributed by atoms with Crippen molar-refractivity contribution in [3.63, 3.8) is 0 Å². The first-order chi connectivity index (χ1) is 9.81. The van der Waals surface area contributed by atoms with Crippen molar-refractivity contribution in [3.05, 3.63) is 78.0 Å². The van der Waals surface area contributed by atoms with Crippen molar-refractivity contribution in [1.29, 1.82) is 0 Å². The molecular formula is C18H14O2. The van der Waals surface area contributed by atoms with Gasteiger partial charge in [0.2, 0.25) is 0 Å². The van der Waals surface area contributed by atoms with Gasteiger partial charge in [-0.3, -0.25) is 4.79 Å². The molecule has 2 aromatic carbocycles. The Morgan fingerprint density at radius 3 is 2.20 bits per heavy atom. The fraction of sp³-hybridized carbons (Fsp3) is 0.111. The van der Waals surface area contributed by atoms with Crippen LogP contribution in [0.3, 0.4) is 0 Å². The van der Waals surface area contributed by atoms with E-state index in [-0.39, 0.29) is 18.5 Å². The van der Waals surface area contributed by atoms with E-state index in [0.29, 0.717) is 0 Å². The summed E-state index contributed by atoms with van der Waals surface area (Å²) in [6, 6.07) is 16.1. The highest BCUT2D eigenvalue weighted by Gasteiger charge is 2.30. The molecule has 0 N–H and O–H groups in total. The largest absolute Gasteiger partial charge is 0.452 e. The summed E-state index contributed by atoms with van der Waals surface area (Å²) in [7, 11) is 0. The van der Waals surface area contributed by atoms with Gasteiger partial charge in [0, 0.05) is 11.1 Å². The minimum absolute atomic E-state index is 0.199. The van der Waals surface area contributed by atoms with Crippen molar-refractivity contribution in [3.8, 4) is 11.1 Å². The third kappa shape index (κ3) is 2.07. The van der Waals surface area contributed by atoms with Crippen molar-refractivity contribution in [2.75, 3.05) is 0 Å². The number of rotatable bonds is 3. The highest BCUT2D eigenvalue weighted by Crippen LogP contribution is 2.45. The van der Waals surface area contributed by atoms with E-state index in [4.69, 9.17) is 4.74 Å². The van der Waals surface area contributed by atoms with E-state index in [9.17, 15) is 4.79 Å². The minimum atomic E-state index is -0.312. The maximum Gasteiger partial charge on any atom is 0.311 e. The van der Waals surface area contributed by atoms with Crippen LogP contribution in [0.2, 0.25) is 0 Å². The fourth-order valence-electron chi connectivity index (χ4n) is 2.57. The predicted molar refractivity (Wildman–Crippen MR) is 78.1 cm³/mol. The molecular weight excluding hydrogens is 248 g/mol. The molecule has 1 aliphatic carbocycles. The lowest BCUT2D eigenvalue weighted by molar-refractivity contribution is -0.146. The second kappa shape index (κ2) is 5.20. The molecule has 0 saturated carbocycles. The van der Waals surface area contributed by atoms with Gasteiger partial charge in [-0.05, 0) is 17.2 Å². The van der Waals surface area contributed by atoms with Crippen LogP contribution in [0.25, 0.3) is 11.1 Å². The zero-order chi connectivity index (χ0) is 13.9. The number of ether oxygens (including phenoxy) is 1. The molecule has 0 aliphatic heterocycles. The third-order valence-electron chi connectivity index (χ3n) is 3.44. The summed E-state index contributed by atoms with van der Waals surface area (Å²) in [6.07, 6.45) is 1.47. The second-order valence-corrected chi connectivity index (χ2v) is 4.66. The lowest BCUT2D eigenvalue weighted by Gasteiger charge is -2.14. The smallest absolute Gasteiger partial charge is 0.311 e. The molecule has 0 spiro atoms. The van der Waals surface area contributed by atoms with Gasteiger partial charge in [-0.1, -0.05) is 55.1 Å². The standard InChI is InChI=1S/C18H14O2/c1-2-3-12-17(19)20-18-15-10-6-4-8-13(15)14-9-5-7-11-16(14)18/h3-11,18H,1,12H2. The van der Waals surface area contributed by atoms with Crippen LogP contribution >= 0.6 is 0 Å². The highest BCUT2D eigenvalue weighted by molar-refractivity contribution is 5.80. The van der Waals surface area contributed by atoms with Gasteiger partial charge in [0.1, 0.15) is 0 Å². The molecule has 0 atom stereocenters. The van der Waals surface area contributed by atoms with Crippen molar-refractivity contribution in [2.45, 2.75) is 12.5 Å². The van der Waals surface area contributed by atoms with Gasteiger partial charge in [-0.15, -0.1) is 5.73 Å². The molecule has 0 saturated heterocycles. The maximum absolute atomic E-state index is 11.9. The first-order valence-corrected chi connectivity index (χ1v) is 6.53. The summed E-state index contributed by atoms with van der Waals surface area (Å²) >= 11 is 0. The molecule has 0 aromatic heterocycles. The summed E-state index contributed by atoms with van der Waals surface area (Å²) in [6.45, 7) is 3.45. The maximum atomic E-state index is 11.9. The summed E-state index contributed by atoms with van der Waals surface area (Å²) in [5, 5.41) is 0. The average Bonchev–Trinajstić information content (AvgIpc) is 2.80. The van der Waals surface area contributed by atoms with E-state index in [1.807, 2.05) is 36.4 Å². The topological polar surface area (TPSA) is 26.3 Å². The number of benzene rings is 2. The van der Waals surface area contributed by atoms with E-state index in [2.05, 4.69) is 24.4 Å². The van der Waals surface area contributed by atoms with Crippen molar-refractivity contribution in [2.24, 2.45) is 0 Å². The SMILES string of the molecule is C=C=CCC(=O)OC1c2ccccc2-c2ccccc21. The molecule has 2 aromatic rings. The van der Waals surface area contributed by atoms with Crippen LogP contribution in [0.5, 0.6) is 0 Å². The van der Waals surface area contributed by atoms with Gasteiger partial charge < -0.3 is 4.74 Å². The zero-order valence-electron chi connectivity index (χ0n) is 11.0. The molecule has 2 nitrogen and oxygen atoms in total. The number of hydrogen-bond donors (Lipinski definition) is 0. The van der Waals surface area contributed by atoms with Crippen LogP contribution in [0, 0.1) is 0 Å². The normalized spacial score (nSPS) is 12.2. The summed E-state index contributed by atoms with van der Waals surface area (Å²) in [5.74, 6) is -0.266. The Labute approximate surface area is 118 Å². The molecule has 98 valence electrons. The lowest BCUT2D eigenvalue weighted by atomic mass is 10.1. The van der Waals surface area contributed by atoms with E-state index in [1.165, 1.54) is 0 Å². The number of hydrogen-bond acceptors (Lipinski definition) is 2. The molecule has 0 fully saturated rings. The number of carbonyl (C=O) groups is 1. The molecule has 0 heterocycles. The Balaban J connectivity index is 1.99. The van der Waals surface area contributed by atoms with Crippen molar-refractivity contribution >= 4 is 5.97 Å². The van der Waals surface area contributed by atoms with Crippen LogP contribution in [0.4, 0.5) is 0 Å². The summed E-state index contributed by atoms with van der Waals surface area (Å²) in [5.41, 5.74) is 6.96. The molecule has 20 heavy (non-hydrogen) atoms. The van der Waals surface area contributed by atoms with Crippen LogP contribution in [-0.2, 0) is 9.53 Å². The first kappa shape index (κ1) is 12.5. The number of esters is 1. The van der Waals surface area contributed by atoms with Gasteiger partial charge in [0.25, 0.3) is 0 Å². The Kier molecular flexibility index (Phi) is 3.24. The molecule has 0 unspecified atom stereocenters. The Morgan fingerprint density at radius 1 is 1.10 bits per heavy atom. The second-order valence-electron chi connectivity index (χ2n) is 4.66. The van der Waals surface area contributed by atoms with Crippen molar-refractivity contribution < 1.29 is 9.53 Å². The van der Waals surface area contributed by atoms with Gasteiger partial charge >= 0.3 is 5.97 Å². The third-order valence-corrected chi connectivity index (χ3v) is 3.44. The fourth-order valence-corrected chi connectivity index (χ4v) is 2.57. The van der Waals surface area contributed by atoms with Crippen LogP contribution in [0.1, 0.15) is 23.7 Å². The Hall–Kier alpha value is -2.57. The number of carbonyl (C=O) groups excluding carboxylic acids is 1. The monoisotopic (exact) mass is 262 g/mol. The summed E-state index contributed by atoms with van der Waals surface area (Å²) < 4.78 is 5.63. The molecule has 2 heteroatoms. The average molecular weight is 262 g/mol. The van der Waals surface area contributed by atoms with E-state index in [1.54, 1.807) is 6.08 Å². The van der Waals surface area contributed by atoms with E-state index in [0.717, 1.165) is 22.3 Å². The zero-order valence-corrected chi connectivity index (χ0v) is 11.0. The molecule has 1 aliphatic rings. The Morgan fingerprint density at radius 2 is 1.65 bits per heavy atom. The van der Waals surface area contributed by atoms with Crippen LogP contribution in [0.15, 0.2) is 66.9 Å². The van der Waals surface area contributed by atoms with E-state index >= 15 is 0 Å². The van der Waals surface area contributed by atoms with Crippen molar-refractivity contribution in [1.82, 2.24) is 0 Å². The van der Waals surface area contributed by atoms with Gasteiger partial charge in [0.15, 0.2) is 6.10 Å². The van der Waals surface area contributed by atoms with Gasteiger partial charge in [-0.25, -0.2) is 0 Å². The van der Waals surface area contributed by atoms with Gasteiger partial charge in [-0.2, -0.15) is 0 Å². The minimum Gasteiger partial charge on any atom is -0.452 e. The Bertz CT molecular complexity index is 663. The molecule has 0 amide bonds. The van der Waals surface area contributed by atoms with Crippen LogP contribution in [-0.4, -0.2) is 5.97 Å². The van der Waals surface area contributed by atoms with Gasteiger partial charge in [0.05, 0.1) is 6.42 Å².